The van der Waals surface area contributed by atoms with Crippen molar-refractivity contribution in [2.45, 2.75) is 13.3 Å². The molecule has 2 N–H and O–H groups in total. The summed E-state index contributed by atoms with van der Waals surface area (Å²) in [5.74, 6) is -0.395. The highest BCUT2D eigenvalue weighted by molar-refractivity contribution is 5.93. The maximum absolute atomic E-state index is 12.0. The Bertz CT molecular complexity index is 992. The lowest BCUT2D eigenvalue weighted by atomic mass is 10.0. The molecule has 5 nitrogen and oxygen atoms in total. The van der Waals surface area contributed by atoms with Crippen LogP contribution >= 0.6 is 0 Å². The second kappa shape index (κ2) is 6.96. The maximum Gasteiger partial charge on any atom is 0.248 e. The van der Waals surface area contributed by atoms with Crippen molar-refractivity contribution in [1.82, 2.24) is 9.88 Å². The summed E-state index contributed by atoms with van der Waals surface area (Å²) in [7, 11) is 3.50. The summed E-state index contributed by atoms with van der Waals surface area (Å²) >= 11 is 0. The molecule has 2 aromatic carbocycles. The van der Waals surface area contributed by atoms with E-state index in [0.29, 0.717) is 12.0 Å². The topological polar surface area (TPSA) is 76.3 Å². The zero-order valence-corrected chi connectivity index (χ0v) is 15.1. The Balaban J connectivity index is 2.02. The van der Waals surface area contributed by atoms with Gasteiger partial charge in [-0.25, -0.2) is 4.98 Å². The number of primary amides is 1. The molecule has 132 valence electrons. The highest BCUT2D eigenvalue weighted by atomic mass is 16.2. The van der Waals surface area contributed by atoms with Gasteiger partial charge in [-0.3, -0.25) is 9.59 Å². The zero-order valence-electron chi connectivity index (χ0n) is 15.1. The second-order valence-corrected chi connectivity index (χ2v) is 6.58. The molecule has 0 radical (unpaired) electrons. The van der Waals surface area contributed by atoms with Gasteiger partial charge < -0.3 is 10.6 Å². The molecule has 0 saturated heterocycles. The quantitative estimate of drug-likeness (QED) is 0.788. The van der Waals surface area contributed by atoms with E-state index in [-0.39, 0.29) is 5.91 Å². The number of carbonyl (C=O) groups excluding carboxylic acids is 2. The molecular weight excluding hydrogens is 326 g/mol. The van der Waals surface area contributed by atoms with E-state index >= 15 is 0 Å². The fourth-order valence-electron chi connectivity index (χ4n) is 2.84. The second-order valence-electron chi connectivity index (χ2n) is 6.58. The number of aryl methyl sites for hydroxylation is 1. The minimum atomic E-state index is -0.450. The molecule has 3 rings (SSSR count). The standard InChI is InChI=1S/C21H21N3O2/c1-13-10-18(15-5-7-16(8-6-15)21(22)26)23-19-11-14(4-9-17(13)19)12-20(25)24(2)3/h4-11H,12H2,1-3H3,(H2,22,26). The summed E-state index contributed by atoms with van der Waals surface area (Å²) in [6.45, 7) is 2.04. The van der Waals surface area contributed by atoms with Gasteiger partial charge in [-0.2, -0.15) is 0 Å². The minimum absolute atomic E-state index is 0.0549. The first-order chi connectivity index (χ1) is 12.3. The molecule has 0 aliphatic rings. The van der Waals surface area contributed by atoms with Crippen LogP contribution in [0.1, 0.15) is 21.5 Å². The first-order valence-electron chi connectivity index (χ1n) is 8.36. The molecule has 0 aliphatic carbocycles. The van der Waals surface area contributed by atoms with E-state index in [0.717, 1.165) is 33.3 Å². The number of hydrogen-bond acceptors (Lipinski definition) is 3. The molecule has 0 spiro atoms. The number of fused-ring (bicyclic) bond motifs is 1. The number of pyridine rings is 1. The molecule has 0 fully saturated rings. The molecule has 0 saturated carbocycles. The Kier molecular flexibility index (Phi) is 4.71. The van der Waals surface area contributed by atoms with Crippen molar-refractivity contribution in [2.75, 3.05) is 14.1 Å². The van der Waals surface area contributed by atoms with Gasteiger partial charge in [0.15, 0.2) is 0 Å². The highest BCUT2D eigenvalue weighted by Crippen LogP contribution is 2.25. The summed E-state index contributed by atoms with van der Waals surface area (Å²) in [5.41, 5.74) is 10.4. The van der Waals surface area contributed by atoms with Crippen molar-refractivity contribution in [3.05, 3.63) is 65.2 Å². The van der Waals surface area contributed by atoms with Gasteiger partial charge in [0.2, 0.25) is 11.8 Å². The molecule has 3 aromatic rings. The van der Waals surface area contributed by atoms with E-state index in [1.54, 1.807) is 31.1 Å². The number of likely N-dealkylation sites (N-methyl/N-ethyl adjacent to an activating group) is 1. The lowest BCUT2D eigenvalue weighted by Crippen LogP contribution is -2.23. The van der Waals surface area contributed by atoms with Crippen LogP contribution in [-0.2, 0) is 11.2 Å². The molecule has 5 heteroatoms. The van der Waals surface area contributed by atoms with E-state index in [1.807, 2.05) is 43.3 Å². The number of benzene rings is 2. The van der Waals surface area contributed by atoms with E-state index in [2.05, 4.69) is 0 Å². The molecule has 0 atom stereocenters. The Morgan fingerprint density at radius 2 is 1.73 bits per heavy atom. The normalized spacial score (nSPS) is 10.7. The van der Waals surface area contributed by atoms with Crippen molar-refractivity contribution in [3.63, 3.8) is 0 Å². The Morgan fingerprint density at radius 3 is 2.35 bits per heavy atom. The van der Waals surface area contributed by atoms with Crippen LogP contribution in [0.15, 0.2) is 48.5 Å². The van der Waals surface area contributed by atoms with Crippen LogP contribution in [-0.4, -0.2) is 35.8 Å². The number of nitrogens with zero attached hydrogens (tertiary/aromatic N) is 2. The molecule has 0 bridgehead atoms. The van der Waals surface area contributed by atoms with Crippen LogP contribution in [0.2, 0.25) is 0 Å². The molecular formula is C21H21N3O2. The van der Waals surface area contributed by atoms with Crippen LogP contribution in [0.4, 0.5) is 0 Å². The predicted molar refractivity (Wildman–Crippen MR) is 103 cm³/mol. The molecule has 0 aliphatic heterocycles. The van der Waals surface area contributed by atoms with Crippen molar-refractivity contribution >= 4 is 22.7 Å². The Morgan fingerprint density at radius 1 is 1.04 bits per heavy atom. The molecule has 26 heavy (non-hydrogen) atoms. The smallest absolute Gasteiger partial charge is 0.248 e. The minimum Gasteiger partial charge on any atom is -0.366 e. The summed E-state index contributed by atoms with van der Waals surface area (Å²) in [5, 5.41) is 1.06. The number of rotatable bonds is 4. The highest BCUT2D eigenvalue weighted by Gasteiger charge is 2.10. The number of hydrogen-bond donors (Lipinski definition) is 1. The van der Waals surface area contributed by atoms with E-state index in [1.165, 1.54) is 0 Å². The van der Waals surface area contributed by atoms with Crippen LogP contribution in [0.25, 0.3) is 22.2 Å². The number of nitrogens with two attached hydrogens (primary N) is 1. The van der Waals surface area contributed by atoms with Gasteiger partial charge in [-0.1, -0.05) is 24.3 Å². The zero-order chi connectivity index (χ0) is 18.8. The maximum atomic E-state index is 12.0. The van der Waals surface area contributed by atoms with Gasteiger partial charge in [-0.15, -0.1) is 0 Å². The van der Waals surface area contributed by atoms with Gasteiger partial charge in [0.1, 0.15) is 0 Å². The number of carbonyl (C=O) groups is 2. The Labute approximate surface area is 152 Å². The largest absolute Gasteiger partial charge is 0.366 e. The van der Waals surface area contributed by atoms with Gasteiger partial charge >= 0.3 is 0 Å². The first kappa shape index (κ1) is 17.6. The monoisotopic (exact) mass is 347 g/mol. The summed E-state index contributed by atoms with van der Waals surface area (Å²) in [6.07, 6.45) is 0.348. The molecule has 1 heterocycles. The summed E-state index contributed by atoms with van der Waals surface area (Å²) in [4.78, 5) is 29.5. The third-order valence-corrected chi connectivity index (χ3v) is 4.40. The third-order valence-electron chi connectivity index (χ3n) is 4.40. The molecule has 0 unspecified atom stereocenters. The fraction of sp³-hybridized carbons (Fsp3) is 0.190. The van der Waals surface area contributed by atoms with Gasteiger partial charge in [0.05, 0.1) is 17.6 Å². The number of amides is 2. The molecule has 1 aromatic heterocycles. The van der Waals surface area contributed by atoms with Crippen molar-refractivity contribution in [1.29, 1.82) is 0 Å². The van der Waals surface area contributed by atoms with Crippen LogP contribution in [0.5, 0.6) is 0 Å². The van der Waals surface area contributed by atoms with Crippen molar-refractivity contribution in [3.8, 4) is 11.3 Å². The SMILES string of the molecule is Cc1cc(-c2ccc(C(N)=O)cc2)nc2cc(CC(=O)N(C)C)ccc12. The van der Waals surface area contributed by atoms with E-state index in [4.69, 9.17) is 10.7 Å². The average Bonchev–Trinajstić information content (AvgIpc) is 2.61. The van der Waals surface area contributed by atoms with E-state index < -0.39 is 5.91 Å². The molecule has 2 amide bonds. The van der Waals surface area contributed by atoms with Crippen LogP contribution < -0.4 is 5.73 Å². The lowest BCUT2D eigenvalue weighted by molar-refractivity contribution is -0.127. The lowest BCUT2D eigenvalue weighted by Gasteiger charge is -2.12. The van der Waals surface area contributed by atoms with Gasteiger partial charge in [-0.05, 0) is 42.3 Å². The van der Waals surface area contributed by atoms with Gasteiger partial charge in [0, 0.05) is 30.6 Å². The number of aromatic nitrogens is 1. The van der Waals surface area contributed by atoms with Crippen molar-refractivity contribution in [2.24, 2.45) is 5.73 Å². The fourth-order valence-corrected chi connectivity index (χ4v) is 2.84. The van der Waals surface area contributed by atoms with Gasteiger partial charge in [0.25, 0.3) is 0 Å². The predicted octanol–water partition coefficient (Wildman–Crippen LogP) is 2.94. The Hall–Kier alpha value is -3.21. The van der Waals surface area contributed by atoms with E-state index in [9.17, 15) is 9.59 Å². The average molecular weight is 347 g/mol. The third kappa shape index (κ3) is 3.57. The summed E-state index contributed by atoms with van der Waals surface area (Å²) in [6, 6.07) is 15.0. The van der Waals surface area contributed by atoms with Crippen LogP contribution in [0, 0.1) is 6.92 Å². The first-order valence-corrected chi connectivity index (χ1v) is 8.36. The van der Waals surface area contributed by atoms with Crippen LogP contribution in [0.3, 0.4) is 0 Å². The van der Waals surface area contributed by atoms with Crippen molar-refractivity contribution < 1.29 is 9.59 Å². The summed E-state index contributed by atoms with van der Waals surface area (Å²) < 4.78 is 0.